The molecule has 0 aliphatic carbocycles. The van der Waals surface area contributed by atoms with E-state index >= 15 is 0 Å². The van der Waals surface area contributed by atoms with E-state index in [0.717, 1.165) is 24.1 Å². The Balaban J connectivity index is 2.23. The molecule has 0 N–H and O–H groups in total. The maximum atomic E-state index is 4.36. The van der Waals surface area contributed by atoms with Crippen LogP contribution in [0.5, 0.6) is 0 Å². The second-order valence-corrected chi connectivity index (χ2v) is 5.05. The first-order valence-corrected chi connectivity index (χ1v) is 7.36. The van der Waals surface area contributed by atoms with Crippen molar-refractivity contribution in [1.29, 1.82) is 0 Å². The van der Waals surface area contributed by atoms with Crippen molar-refractivity contribution in [3.63, 3.8) is 0 Å². The van der Waals surface area contributed by atoms with E-state index in [0.29, 0.717) is 5.92 Å². The van der Waals surface area contributed by atoms with Crippen LogP contribution in [-0.2, 0) is 13.0 Å². The molecule has 0 aliphatic rings. The van der Waals surface area contributed by atoms with Gasteiger partial charge in [0.2, 0.25) is 0 Å². The van der Waals surface area contributed by atoms with E-state index in [1.54, 1.807) is 6.33 Å². The summed E-state index contributed by atoms with van der Waals surface area (Å²) < 4.78 is 1.97. The number of alkyl halides is 1. The van der Waals surface area contributed by atoms with E-state index in [1.807, 2.05) is 4.68 Å². The largest absolute Gasteiger partial charge is 0.250 e. The lowest BCUT2D eigenvalue weighted by atomic mass is 9.93. The predicted octanol–water partition coefficient (Wildman–Crippen LogP) is 3.33. The Labute approximate surface area is 116 Å². The fourth-order valence-corrected chi connectivity index (χ4v) is 2.80. The molecule has 2 rings (SSSR count). The first kappa shape index (κ1) is 13.3. The van der Waals surface area contributed by atoms with Crippen molar-refractivity contribution in [3.05, 3.63) is 47.5 Å². The third-order valence-electron chi connectivity index (χ3n) is 3.24. The molecule has 1 aromatic carbocycles. The molecule has 0 radical (unpaired) electrons. The zero-order chi connectivity index (χ0) is 13.0. The number of hydrogen-bond donors (Lipinski definition) is 0. The van der Waals surface area contributed by atoms with Crippen molar-refractivity contribution in [3.8, 4) is 0 Å². The lowest BCUT2D eigenvalue weighted by Gasteiger charge is -2.16. The van der Waals surface area contributed by atoms with Crippen LogP contribution in [0.4, 0.5) is 0 Å². The second-order valence-electron chi connectivity index (χ2n) is 4.40. The van der Waals surface area contributed by atoms with E-state index in [-0.39, 0.29) is 0 Å². The Morgan fingerprint density at radius 2 is 2.11 bits per heavy atom. The molecule has 3 nitrogen and oxygen atoms in total. The van der Waals surface area contributed by atoms with Gasteiger partial charge in [0.25, 0.3) is 0 Å². The van der Waals surface area contributed by atoms with Gasteiger partial charge in [0, 0.05) is 24.2 Å². The third-order valence-corrected chi connectivity index (χ3v) is 4.02. The summed E-state index contributed by atoms with van der Waals surface area (Å²) in [5.74, 6) is 1.51. The smallest absolute Gasteiger partial charge is 0.138 e. The molecule has 0 saturated heterocycles. The fraction of sp³-hybridized carbons (Fsp3) is 0.429. The lowest BCUT2D eigenvalue weighted by molar-refractivity contribution is 0.591. The summed E-state index contributed by atoms with van der Waals surface area (Å²) in [5, 5.41) is 5.17. The topological polar surface area (TPSA) is 30.7 Å². The average Bonchev–Trinajstić information content (AvgIpc) is 2.84. The van der Waals surface area contributed by atoms with E-state index in [4.69, 9.17) is 0 Å². The van der Waals surface area contributed by atoms with E-state index < -0.39 is 0 Å². The van der Waals surface area contributed by atoms with Gasteiger partial charge in [-0.3, -0.25) is 4.68 Å². The highest BCUT2D eigenvalue weighted by molar-refractivity contribution is 9.09. The molecule has 0 spiro atoms. The molecule has 1 atom stereocenters. The van der Waals surface area contributed by atoms with Crippen molar-refractivity contribution in [2.24, 2.45) is 0 Å². The summed E-state index contributed by atoms with van der Waals surface area (Å²) >= 11 is 3.62. The summed E-state index contributed by atoms with van der Waals surface area (Å²) in [6.07, 6.45) is 2.56. The molecule has 18 heavy (non-hydrogen) atoms. The van der Waals surface area contributed by atoms with Crippen LogP contribution >= 0.6 is 15.9 Å². The van der Waals surface area contributed by atoms with Crippen molar-refractivity contribution in [2.45, 2.75) is 32.7 Å². The summed E-state index contributed by atoms with van der Waals surface area (Å²) in [6, 6.07) is 8.55. The predicted molar refractivity (Wildman–Crippen MR) is 77.1 cm³/mol. The SMILES string of the molecule is CCn1ncnc1CC(CBr)c1ccccc1C. The molecule has 4 heteroatoms. The minimum Gasteiger partial charge on any atom is -0.250 e. The molecule has 0 fully saturated rings. The normalized spacial score (nSPS) is 12.6. The second kappa shape index (κ2) is 6.14. The first-order valence-electron chi connectivity index (χ1n) is 6.24. The van der Waals surface area contributed by atoms with Crippen LogP contribution in [-0.4, -0.2) is 20.1 Å². The van der Waals surface area contributed by atoms with Gasteiger partial charge in [-0.2, -0.15) is 5.10 Å². The van der Waals surface area contributed by atoms with Crippen LogP contribution in [0.2, 0.25) is 0 Å². The fourth-order valence-electron chi connectivity index (χ4n) is 2.22. The van der Waals surface area contributed by atoms with Crippen molar-refractivity contribution in [1.82, 2.24) is 14.8 Å². The van der Waals surface area contributed by atoms with Crippen LogP contribution < -0.4 is 0 Å². The molecule has 96 valence electrons. The molecular weight excluding hydrogens is 290 g/mol. The highest BCUT2D eigenvalue weighted by atomic mass is 79.9. The number of hydrogen-bond acceptors (Lipinski definition) is 2. The third kappa shape index (κ3) is 2.80. The Morgan fingerprint density at radius 1 is 1.33 bits per heavy atom. The van der Waals surface area contributed by atoms with Gasteiger partial charge >= 0.3 is 0 Å². The molecule has 1 heterocycles. The Bertz CT molecular complexity index is 507. The van der Waals surface area contributed by atoms with Gasteiger partial charge in [0.15, 0.2) is 0 Å². The maximum Gasteiger partial charge on any atom is 0.138 e. The van der Waals surface area contributed by atoms with Gasteiger partial charge in [0.1, 0.15) is 12.2 Å². The quantitative estimate of drug-likeness (QED) is 0.793. The highest BCUT2D eigenvalue weighted by Crippen LogP contribution is 2.25. The molecule has 1 unspecified atom stereocenters. The van der Waals surface area contributed by atoms with Crippen LogP contribution in [0.1, 0.15) is 29.8 Å². The Morgan fingerprint density at radius 3 is 2.78 bits per heavy atom. The van der Waals surface area contributed by atoms with Crippen LogP contribution in [0.3, 0.4) is 0 Å². The molecule has 0 amide bonds. The van der Waals surface area contributed by atoms with Crippen LogP contribution in [0, 0.1) is 6.92 Å². The zero-order valence-corrected chi connectivity index (χ0v) is 12.4. The van der Waals surface area contributed by atoms with Gasteiger partial charge < -0.3 is 0 Å². The van der Waals surface area contributed by atoms with Crippen LogP contribution in [0.15, 0.2) is 30.6 Å². The summed E-state index contributed by atoms with van der Waals surface area (Å²) in [6.45, 7) is 5.13. The van der Waals surface area contributed by atoms with Crippen LogP contribution in [0.25, 0.3) is 0 Å². The number of aromatic nitrogens is 3. The summed E-state index contributed by atoms with van der Waals surface area (Å²) in [4.78, 5) is 4.36. The number of rotatable bonds is 5. The number of benzene rings is 1. The molecular formula is C14H18BrN3. The molecule has 0 aliphatic heterocycles. The first-order chi connectivity index (χ1) is 8.76. The molecule has 0 bridgehead atoms. The Kier molecular flexibility index (Phi) is 4.53. The minimum atomic E-state index is 0.445. The number of aryl methyl sites for hydroxylation is 2. The number of halogens is 1. The lowest BCUT2D eigenvalue weighted by Crippen LogP contribution is -2.12. The minimum absolute atomic E-state index is 0.445. The number of nitrogens with zero attached hydrogens (tertiary/aromatic N) is 3. The van der Waals surface area contributed by atoms with Gasteiger partial charge in [-0.05, 0) is 25.0 Å². The zero-order valence-electron chi connectivity index (χ0n) is 10.8. The molecule has 2 aromatic rings. The average molecular weight is 308 g/mol. The van der Waals surface area contributed by atoms with Gasteiger partial charge in [-0.25, -0.2) is 4.98 Å². The van der Waals surface area contributed by atoms with E-state index in [2.05, 4.69) is 64.1 Å². The monoisotopic (exact) mass is 307 g/mol. The summed E-state index contributed by atoms with van der Waals surface area (Å²) in [7, 11) is 0. The summed E-state index contributed by atoms with van der Waals surface area (Å²) in [5.41, 5.74) is 2.73. The highest BCUT2D eigenvalue weighted by Gasteiger charge is 2.16. The van der Waals surface area contributed by atoms with Gasteiger partial charge in [-0.1, -0.05) is 40.2 Å². The van der Waals surface area contributed by atoms with Crippen molar-refractivity contribution < 1.29 is 0 Å². The standard InChI is InChI=1S/C14H18BrN3/c1-3-18-14(16-10-17-18)8-12(9-15)13-7-5-4-6-11(13)2/h4-7,10,12H,3,8-9H2,1-2H3. The Hall–Kier alpha value is -1.16. The van der Waals surface area contributed by atoms with E-state index in [9.17, 15) is 0 Å². The van der Waals surface area contributed by atoms with Gasteiger partial charge in [0.05, 0.1) is 0 Å². The van der Waals surface area contributed by atoms with Crippen molar-refractivity contribution >= 4 is 15.9 Å². The molecule has 0 saturated carbocycles. The van der Waals surface area contributed by atoms with E-state index in [1.165, 1.54) is 11.1 Å². The van der Waals surface area contributed by atoms with Crippen molar-refractivity contribution in [2.75, 3.05) is 5.33 Å². The maximum absolute atomic E-state index is 4.36. The van der Waals surface area contributed by atoms with Gasteiger partial charge in [-0.15, -0.1) is 0 Å². The molecule has 1 aromatic heterocycles.